The smallest absolute Gasteiger partial charge is 0.341 e. The van der Waals surface area contributed by atoms with Gasteiger partial charge in [0, 0.05) is 10.4 Å². The van der Waals surface area contributed by atoms with E-state index < -0.39 is 23.7 Å². The molecule has 1 aromatic heterocycles. The van der Waals surface area contributed by atoms with E-state index in [1.807, 2.05) is 30.3 Å². The van der Waals surface area contributed by atoms with Crippen LogP contribution in [0.3, 0.4) is 0 Å². The number of nitrogens with one attached hydrogen (secondary N) is 1. The fourth-order valence-electron chi connectivity index (χ4n) is 3.97. The Morgan fingerprint density at radius 1 is 0.861 bits per heavy atom. The molecule has 3 aromatic carbocycles. The Morgan fingerprint density at radius 3 is 2.19 bits per heavy atom. The monoisotopic (exact) mass is 496 g/mol. The Hall–Kier alpha value is -4.56. The zero-order chi connectivity index (χ0) is 25.2. The van der Waals surface area contributed by atoms with Crippen LogP contribution in [0.25, 0.3) is 10.4 Å². The third-order valence-corrected chi connectivity index (χ3v) is 6.77. The van der Waals surface area contributed by atoms with E-state index in [1.165, 1.54) is 17.4 Å². The number of fused-ring (bicyclic) bond motifs is 1. The highest BCUT2D eigenvalue weighted by molar-refractivity contribution is 7.20. The number of hydrogen-bond donors (Lipinski definition) is 1. The molecule has 0 fully saturated rings. The number of nitrogens with zero attached hydrogens (tertiary/aromatic N) is 1. The van der Waals surface area contributed by atoms with Gasteiger partial charge in [0.25, 0.3) is 17.7 Å². The van der Waals surface area contributed by atoms with Crippen molar-refractivity contribution in [1.29, 1.82) is 0 Å². The summed E-state index contributed by atoms with van der Waals surface area (Å²) in [6.45, 7) is 1.91. The number of carbonyl (C=O) groups excluding carboxylic acids is 4. The van der Waals surface area contributed by atoms with Crippen LogP contribution < -0.4 is 10.2 Å². The summed E-state index contributed by atoms with van der Waals surface area (Å²) in [6.07, 6.45) is 0. The Bertz CT molecular complexity index is 1470. The van der Waals surface area contributed by atoms with Crippen LogP contribution >= 0.6 is 11.3 Å². The van der Waals surface area contributed by atoms with Crippen LogP contribution in [0.4, 0.5) is 10.7 Å². The molecule has 0 bridgehead atoms. The molecule has 1 aliphatic heterocycles. The van der Waals surface area contributed by atoms with E-state index in [1.54, 1.807) is 55.5 Å². The Labute approximate surface area is 210 Å². The summed E-state index contributed by atoms with van der Waals surface area (Å²) in [6, 6.07) is 24.1. The van der Waals surface area contributed by atoms with Crippen LogP contribution in [0.5, 0.6) is 0 Å². The van der Waals surface area contributed by atoms with Gasteiger partial charge in [-0.25, -0.2) is 9.69 Å². The van der Waals surface area contributed by atoms with Crippen LogP contribution in [0, 0.1) is 0 Å². The number of thiophene rings is 1. The van der Waals surface area contributed by atoms with Gasteiger partial charge in [0.2, 0.25) is 0 Å². The number of hydrogen-bond acceptors (Lipinski definition) is 6. The molecule has 0 radical (unpaired) electrons. The summed E-state index contributed by atoms with van der Waals surface area (Å²) in [5.41, 5.74) is 2.32. The Balaban J connectivity index is 1.44. The summed E-state index contributed by atoms with van der Waals surface area (Å²) in [5.74, 6) is -1.90. The van der Waals surface area contributed by atoms with Gasteiger partial charge >= 0.3 is 5.97 Å². The van der Waals surface area contributed by atoms with Gasteiger partial charge in [-0.05, 0) is 48.9 Å². The number of rotatable bonds is 6. The van der Waals surface area contributed by atoms with E-state index in [-0.39, 0.29) is 23.4 Å². The molecule has 2 heterocycles. The summed E-state index contributed by atoms with van der Waals surface area (Å²) < 4.78 is 5.18. The number of anilines is 2. The van der Waals surface area contributed by atoms with E-state index in [0.717, 1.165) is 15.3 Å². The van der Waals surface area contributed by atoms with Crippen molar-refractivity contribution in [3.63, 3.8) is 0 Å². The second-order valence-corrected chi connectivity index (χ2v) is 8.99. The van der Waals surface area contributed by atoms with E-state index in [2.05, 4.69) is 5.32 Å². The highest BCUT2D eigenvalue weighted by Gasteiger charge is 2.36. The van der Waals surface area contributed by atoms with Gasteiger partial charge in [0.15, 0.2) is 0 Å². The number of carbonyl (C=O) groups is 4. The van der Waals surface area contributed by atoms with Gasteiger partial charge in [-0.3, -0.25) is 14.4 Å². The van der Waals surface area contributed by atoms with E-state index in [9.17, 15) is 19.2 Å². The van der Waals surface area contributed by atoms with Gasteiger partial charge in [-0.15, -0.1) is 11.3 Å². The van der Waals surface area contributed by atoms with Gasteiger partial charge < -0.3 is 10.1 Å². The lowest BCUT2D eigenvalue weighted by Gasteiger charge is -2.15. The molecule has 1 aliphatic rings. The van der Waals surface area contributed by atoms with Crippen molar-refractivity contribution in [2.75, 3.05) is 16.8 Å². The predicted molar refractivity (Wildman–Crippen MR) is 138 cm³/mol. The second kappa shape index (κ2) is 9.59. The molecule has 0 saturated heterocycles. The minimum atomic E-state index is -0.536. The van der Waals surface area contributed by atoms with Gasteiger partial charge in [0.1, 0.15) is 5.00 Å². The molecule has 36 heavy (non-hydrogen) atoms. The Morgan fingerprint density at radius 2 is 1.53 bits per heavy atom. The zero-order valence-electron chi connectivity index (χ0n) is 19.2. The molecule has 7 nitrogen and oxygen atoms in total. The second-order valence-electron chi connectivity index (χ2n) is 7.94. The zero-order valence-corrected chi connectivity index (χ0v) is 20.0. The van der Waals surface area contributed by atoms with Crippen molar-refractivity contribution in [3.05, 3.63) is 107 Å². The SMILES string of the molecule is CCOC(=O)c1cc(-c2ccccc2)sc1NC(=O)c1cccc(N2C(=O)c3ccccc3C2=O)c1. The molecule has 3 amide bonds. The standard InChI is InChI=1S/C28H20N2O5S/c1-2-35-28(34)22-16-23(17-9-4-3-5-10-17)36-25(22)29-24(31)18-11-8-12-19(15-18)30-26(32)20-13-6-7-14-21(20)27(30)33/h3-16H,2H2,1H3,(H,29,31). The molecule has 5 rings (SSSR count). The lowest BCUT2D eigenvalue weighted by atomic mass is 10.1. The van der Waals surface area contributed by atoms with Crippen molar-refractivity contribution in [2.45, 2.75) is 6.92 Å². The maximum atomic E-state index is 13.2. The summed E-state index contributed by atoms with van der Waals surface area (Å²) in [5, 5.41) is 3.15. The van der Waals surface area contributed by atoms with Crippen molar-refractivity contribution in [2.24, 2.45) is 0 Å². The molecule has 1 N–H and O–H groups in total. The van der Waals surface area contributed by atoms with Crippen molar-refractivity contribution < 1.29 is 23.9 Å². The van der Waals surface area contributed by atoms with Crippen LogP contribution in [0.15, 0.2) is 84.9 Å². The van der Waals surface area contributed by atoms with Crippen molar-refractivity contribution in [1.82, 2.24) is 0 Å². The topological polar surface area (TPSA) is 92.8 Å². The molecule has 4 aromatic rings. The highest BCUT2D eigenvalue weighted by atomic mass is 32.1. The summed E-state index contributed by atoms with van der Waals surface area (Å²) >= 11 is 1.26. The van der Waals surface area contributed by atoms with E-state index in [0.29, 0.717) is 16.1 Å². The third-order valence-electron chi connectivity index (χ3n) is 5.67. The molecule has 8 heteroatoms. The first-order valence-corrected chi connectivity index (χ1v) is 12.0. The number of amides is 3. The lowest BCUT2D eigenvalue weighted by Crippen LogP contribution is -2.29. The van der Waals surface area contributed by atoms with Crippen molar-refractivity contribution >= 4 is 45.7 Å². The number of imide groups is 1. The first-order valence-electron chi connectivity index (χ1n) is 11.2. The van der Waals surface area contributed by atoms with Crippen molar-refractivity contribution in [3.8, 4) is 10.4 Å². The number of ether oxygens (including phenoxy) is 1. The van der Waals surface area contributed by atoms with Crippen LogP contribution in [-0.4, -0.2) is 30.3 Å². The van der Waals surface area contributed by atoms with Crippen LogP contribution in [-0.2, 0) is 4.74 Å². The van der Waals surface area contributed by atoms with E-state index >= 15 is 0 Å². The maximum Gasteiger partial charge on any atom is 0.341 e. The predicted octanol–water partition coefficient (Wildman–Crippen LogP) is 5.64. The minimum absolute atomic E-state index is 0.199. The molecule has 0 aliphatic carbocycles. The molecule has 0 unspecified atom stereocenters. The molecule has 0 saturated carbocycles. The van der Waals surface area contributed by atoms with Crippen LogP contribution in [0.2, 0.25) is 0 Å². The van der Waals surface area contributed by atoms with Gasteiger partial charge in [-0.1, -0.05) is 48.5 Å². The van der Waals surface area contributed by atoms with Gasteiger partial charge in [0.05, 0.1) is 29.0 Å². The molecule has 0 atom stereocenters. The van der Waals surface area contributed by atoms with Gasteiger partial charge in [-0.2, -0.15) is 0 Å². The average molecular weight is 497 g/mol. The first-order chi connectivity index (χ1) is 17.5. The third kappa shape index (κ3) is 4.18. The normalized spacial score (nSPS) is 12.4. The summed E-state index contributed by atoms with van der Waals surface area (Å²) in [7, 11) is 0. The fourth-order valence-corrected chi connectivity index (χ4v) is 5.02. The summed E-state index contributed by atoms with van der Waals surface area (Å²) in [4.78, 5) is 53.3. The number of benzene rings is 3. The molecule has 0 spiro atoms. The largest absolute Gasteiger partial charge is 0.462 e. The highest BCUT2D eigenvalue weighted by Crippen LogP contribution is 2.36. The molecular weight excluding hydrogens is 476 g/mol. The lowest BCUT2D eigenvalue weighted by molar-refractivity contribution is 0.0528. The molecule has 178 valence electrons. The first kappa shape index (κ1) is 23.2. The fraction of sp³-hybridized carbons (Fsp3) is 0.0714. The van der Waals surface area contributed by atoms with Crippen LogP contribution in [0.1, 0.15) is 48.4 Å². The Kier molecular flexibility index (Phi) is 6.18. The molecular formula is C28H20N2O5S. The minimum Gasteiger partial charge on any atom is -0.462 e. The van der Waals surface area contributed by atoms with E-state index in [4.69, 9.17) is 4.74 Å². The maximum absolute atomic E-state index is 13.2. The quantitative estimate of drug-likeness (QED) is 0.275. The average Bonchev–Trinajstić information content (AvgIpc) is 3.44. The number of esters is 1.